The molecule has 2 saturated heterocycles. The molecule has 0 atom stereocenters. The van der Waals surface area contributed by atoms with Crippen molar-refractivity contribution in [1.29, 1.82) is 0 Å². The summed E-state index contributed by atoms with van der Waals surface area (Å²) in [7, 11) is 0. The van der Waals surface area contributed by atoms with Gasteiger partial charge in [-0.3, -0.25) is 4.90 Å². The third-order valence-electron chi connectivity index (χ3n) is 4.27. The maximum atomic E-state index is 2.75. The van der Waals surface area contributed by atoms with Crippen molar-refractivity contribution in [3.05, 3.63) is 0 Å². The molecule has 0 N–H and O–H groups in total. The Morgan fingerprint density at radius 2 is 1.69 bits per heavy atom. The molecule has 0 amide bonds. The van der Waals surface area contributed by atoms with Gasteiger partial charge in [-0.25, -0.2) is 0 Å². The van der Waals surface area contributed by atoms with Gasteiger partial charge in [0.2, 0.25) is 0 Å². The van der Waals surface area contributed by atoms with E-state index in [4.69, 9.17) is 0 Å². The van der Waals surface area contributed by atoms with E-state index in [-0.39, 0.29) is 0 Å². The lowest BCUT2D eigenvalue weighted by Gasteiger charge is -2.45. The summed E-state index contributed by atoms with van der Waals surface area (Å²) in [6, 6.07) is 0. The first-order chi connectivity index (χ1) is 6.12. The van der Waals surface area contributed by atoms with Gasteiger partial charge in [0, 0.05) is 10.3 Å². The van der Waals surface area contributed by atoms with Gasteiger partial charge < -0.3 is 0 Å². The molecule has 0 aliphatic carbocycles. The molecule has 0 aromatic carbocycles. The van der Waals surface area contributed by atoms with Gasteiger partial charge in [0.1, 0.15) is 0 Å². The molecule has 0 saturated carbocycles. The SMILES string of the molecule is CSC(C)(C)C12CCCN1CCC2. The zero-order valence-electron chi connectivity index (χ0n) is 9.10. The van der Waals surface area contributed by atoms with E-state index in [2.05, 4.69) is 25.0 Å². The first-order valence-corrected chi connectivity index (χ1v) is 6.65. The van der Waals surface area contributed by atoms with Gasteiger partial charge in [-0.2, -0.15) is 11.8 Å². The van der Waals surface area contributed by atoms with Crippen molar-refractivity contribution in [2.75, 3.05) is 19.3 Å². The maximum absolute atomic E-state index is 2.75. The van der Waals surface area contributed by atoms with E-state index in [1.165, 1.54) is 38.8 Å². The Morgan fingerprint density at radius 1 is 1.15 bits per heavy atom. The standard InChI is InChI=1S/C11H21NS/c1-10(2,13-3)11-6-4-8-12(11)9-5-7-11/h4-9H2,1-3H3. The third kappa shape index (κ3) is 1.25. The van der Waals surface area contributed by atoms with Crippen LogP contribution >= 0.6 is 11.8 Å². The quantitative estimate of drug-likeness (QED) is 0.673. The average Bonchev–Trinajstić information content (AvgIpc) is 2.61. The van der Waals surface area contributed by atoms with Crippen molar-refractivity contribution >= 4 is 11.8 Å². The molecular formula is C11H21NS. The molecule has 2 rings (SSSR count). The number of hydrogen-bond donors (Lipinski definition) is 0. The molecule has 0 radical (unpaired) electrons. The van der Waals surface area contributed by atoms with Crippen molar-refractivity contribution < 1.29 is 0 Å². The van der Waals surface area contributed by atoms with Gasteiger partial charge in [-0.05, 0) is 58.9 Å². The van der Waals surface area contributed by atoms with E-state index in [0.29, 0.717) is 10.3 Å². The van der Waals surface area contributed by atoms with Gasteiger partial charge >= 0.3 is 0 Å². The fourth-order valence-corrected chi connectivity index (χ4v) is 3.99. The average molecular weight is 199 g/mol. The van der Waals surface area contributed by atoms with Crippen LogP contribution in [0.1, 0.15) is 39.5 Å². The summed E-state index contributed by atoms with van der Waals surface area (Å²) in [6.45, 7) is 7.57. The number of thioether (sulfide) groups is 1. The first kappa shape index (κ1) is 9.85. The van der Waals surface area contributed by atoms with Gasteiger partial charge in [-0.1, -0.05) is 0 Å². The number of fused-ring (bicyclic) bond motifs is 1. The Hall–Kier alpha value is 0.310. The summed E-state index contributed by atoms with van der Waals surface area (Å²) in [5.74, 6) is 0. The highest BCUT2D eigenvalue weighted by Gasteiger charge is 2.53. The van der Waals surface area contributed by atoms with E-state index in [1.54, 1.807) is 0 Å². The molecule has 0 spiro atoms. The van der Waals surface area contributed by atoms with Crippen LogP contribution in [-0.2, 0) is 0 Å². The zero-order chi connectivity index (χ0) is 9.53. The maximum Gasteiger partial charge on any atom is 0.0351 e. The number of rotatable bonds is 2. The van der Waals surface area contributed by atoms with Crippen LogP contribution in [0.3, 0.4) is 0 Å². The van der Waals surface area contributed by atoms with Crippen LogP contribution in [0.25, 0.3) is 0 Å². The molecule has 13 heavy (non-hydrogen) atoms. The highest BCUT2D eigenvalue weighted by molar-refractivity contribution is 8.00. The van der Waals surface area contributed by atoms with Crippen LogP contribution < -0.4 is 0 Å². The lowest BCUT2D eigenvalue weighted by molar-refractivity contribution is 0.156. The fraction of sp³-hybridized carbons (Fsp3) is 1.00. The summed E-state index contributed by atoms with van der Waals surface area (Å²) >= 11 is 2.05. The summed E-state index contributed by atoms with van der Waals surface area (Å²) in [6.07, 6.45) is 7.97. The highest BCUT2D eigenvalue weighted by atomic mass is 32.2. The minimum absolute atomic E-state index is 0.444. The molecule has 2 fully saturated rings. The fourth-order valence-electron chi connectivity index (χ4n) is 3.28. The Morgan fingerprint density at radius 3 is 2.15 bits per heavy atom. The summed E-state index contributed by atoms with van der Waals surface area (Å²) in [4.78, 5) is 2.75. The molecule has 2 aliphatic rings. The predicted octanol–water partition coefficient (Wildman–Crippen LogP) is 2.76. The predicted molar refractivity (Wildman–Crippen MR) is 60.4 cm³/mol. The van der Waals surface area contributed by atoms with Crippen molar-refractivity contribution in [2.24, 2.45) is 0 Å². The van der Waals surface area contributed by atoms with Gasteiger partial charge in [0.05, 0.1) is 0 Å². The Labute approximate surface area is 86.3 Å². The first-order valence-electron chi connectivity index (χ1n) is 5.43. The van der Waals surface area contributed by atoms with E-state index < -0.39 is 0 Å². The van der Waals surface area contributed by atoms with E-state index in [0.717, 1.165) is 0 Å². The van der Waals surface area contributed by atoms with Crippen molar-refractivity contribution in [1.82, 2.24) is 4.90 Å². The summed E-state index contributed by atoms with van der Waals surface area (Å²) < 4.78 is 0.444. The minimum atomic E-state index is 0.444. The Balaban J connectivity index is 2.27. The van der Waals surface area contributed by atoms with E-state index in [1.807, 2.05) is 11.8 Å². The van der Waals surface area contributed by atoms with Crippen LogP contribution in [0.4, 0.5) is 0 Å². The van der Waals surface area contributed by atoms with Gasteiger partial charge in [0.15, 0.2) is 0 Å². The molecule has 0 unspecified atom stereocenters. The zero-order valence-corrected chi connectivity index (χ0v) is 9.91. The lowest BCUT2D eigenvalue weighted by atomic mass is 9.82. The molecule has 76 valence electrons. The van der Waals surface area contributed by atoms with Gasteiger partial charge in [-0.15, -0.1) is 0 Å². The normalized spacial score (nSPS) is 27.9. The van der Waals surface area contributed by atoms with Crippen LogP contribution in [0.5, 0.6) is 0 Å². The molecule has 0 aromatic heterocycles. The van der Waals surface area contributed by atoms with E-state index >= 15 is 0 Å². The number of hydrogen-bond acceptors (Lipinski definition) is 2. The molecule has 2 heterocycles. The summed E-state index contributed by atoms with van der Waals surface area (Å²) in [5.41, 5.74) is 0.548. The molecule has 2 heteroatoms. The molecule has 0 aromatic rings. The smallest absolute Gasteiger partial charge is 0.0351 e. The van der Waals surface area contributed by atoms with Gasteiger partial charge in [0.25, 0.3) is 0 Å². The second-order valence-electron chi connectivity index (χ2n) is 4.94. The Bertz CT molecular complexity index is 190. The monoisotopic (exact) mass is 199 g/mol. The molecule has 1 nitrogen and oxygen atoms in total. The van der Waals surface area contributed by atoms with Crippen molar-refractivity contribution in [2.45, 2.75) is 49.8 Å². The van der Waals surface area contributed by atoms with E-state index in [9.17, 15) is 0 Å². The van der Waals surface area contributed by atoms with Crippen LogP contribution in [0.2, 0.25) is 0 Å². The molecule has 0 bridgehead atoms. The lowest BCUT2D eigenvalue weighted by Crippen LogP contribution is -2.53. The van der Waals surface area contributed by atoms with Crippen LogP contribution in [0, 0.1) is 0 Å². The molecule has 2 aliphatic heterocycles. The largest absolute Gasteiger partial charge is 0.296 e. The van der Waals surface area contributed by atoms with Crippen LogP contribution in [0.15, 0.2) is 0 Å². The van der Waals surface area contributed by atoms with Crippen molar-refractivity contribution in [3.8, 4) is 0 Å². The Kier molecular flexibility index (Phi) is 2.40. The summed E-state index contributed by atoms with van der Waals surface area (Å²) in [5, 5.41) is 0. The third-order valence-corrected chi connectivity index (χ3v) is 5.67. The minimum Gasteiger partial charge on any atom is -0.296 e. The van der Waals surface area contributed by atoms with Crippen molar-refractivity contribution in [3.63, 3.8) is 0 Å². The second kappa shape index (κ2) is 3.16. The second-order valence-corrected chi connectivity index (χ2v) is 6.37. The van der Waals surface area contributed by atoms with Crippen LogP contribution in [-0.4, -0.2) is 34.5 Å². The topological polar surface area (TPSA) is 3.24 Å². The highest BCUT2D eigenvalue weighted by Crippen LogP contribution is 2.50. The number of nitrogens with zero attached hydrogens (tertiary/aromatic N) is 1. The molecular weight excluding hydrogens is 178 g/mol.